The van der Waals surface area contributed by atoms with Gasteiger partial charge in [-0.2, -0.15) is 8.42 Å². The monoisotopic (exact) mass is 570 g/mol. The van der Waals surface area contributed by atoms with Crippen LogP contribution in [0.15, 0.2) is 28.8 Å². The molecule has 2 fully saturated rings. The number of hydrogen-bond donors (Lipinski definition) is 4. The second-order valence-corrected chi connectivity index (χ2v) is 12.6. The molecule has 12 nitrogen and oxygen atoms in total. The van der Waals surface area contributed by atoms with Crippen LogP contribution in [0.4, 0.5) is 0 Å². The first-order chi connectivity index (χ1) is 17.9. The first-order valence-electron chi connectivity index (χ1n) is 12.2. The summed E-state index contributed by atoms with van der Waals surface area (Å²) >= 11 is 1.41. The summed E-state index contributed by atoms with van der Waals surface area (Å²) in [5, 5.41) is 25.2. The minimum absolute atomic E-state index is 0.0264. The molecule has 0 aliphatic carbocycles. The molecule has 0 aromatic heterocycles. The number of thioether (sulfide) groups is 1. The molecule has 38 heavy (non-hydrogen) atoms. The smallest absolute Gasteiger partial charge is 0.353 e. The summed E-state index contributed by atoms with van der Waals surface area (Å²) in [6, 6.07) is 4.83. The van der Waals surface area contributed by atoms with Gasteiger partial charge < -0.3 is 24.6 Å². The largest absolute Gasteiger partial charge is 0.497 e. The molecule has 3 aliphatic rings. The lowest BCUT2D eigenvalue weighted by atomic mass is 9.79. The van der Waals surface area contributed by atoms with Gasteiger partial charge in [0.2, 0.25) is 5.91 Å². The van der Waals surface area contributed by atoms with E-state index in [4.69, 9.17) is 14.6 Å². The SMILES string of the molecule is COc1ccc(OC)c(CN2C[C@@H](SC3=C(C(=O)O)N4C(=O)[C@H]([C@@H](C)O)[C@H]4[C@H]3C)C[C@H]2CNS(N)(=O)=O)c1. The summed E-state index contributed by atoms with van der Waals surface area (Å²) in [6.07, 6.45) is -0.319. The van der Waals surface area contributed by atoms with Crippen molar-refractivity contribution in [1.82, 2.24) is 14.5 Å². The lowest BCUT2D eigenvalue weighted by Gasteiger charge is -2.46. The van der Waals surface area contributed by atoms with Crippen molar-refractivity contribution in [2.75, 3.05) is 27.3 Å². The zero-order valence-corrected chi connectivity index (χ0v) is 23.3. The van der Waals surface area contributed by atoms with Gasteiger partial charge in [-0.1, -0.05) is 6.92 Å². The van der Waals surface area contributed by atoms with Crippen molar-refractivity contribution in [3.05, 3.63) is 34.4 Å². The Kier molecular flexibility index (Phi) is 8.31. The normalized spacial score (nSPS) is 28.3. The molecule has 3 aliphatic heterocycles. The number of benzene rings is 1. The number of rotatable bonds is 11. The molecule has 1 aromatic carbocycles. The molecular weight excluding hydrogens is 536 g/mol. The Hall–Kier alpha value is -2.36. The van der Waals surface area contributed by atoms with E-state index in [1.54, 1.807) is 33.3 Å². The van der Waals surface area contributed by atoms with Crippen LogP contribution in [-0.2, 0) is 26.3 Å². The molecule has 0 spiro atoms. The van der Waals surface area contributed by atoms with Crippen molar-refractivity contribution >= 4 is 33.8 Å². The van der Waals surface area contributed by atoms with Crippen molar-refractivity contribution < 1.29 is 37.7 Å². The van der Waals surface area contributed by atoms with E-state index < -0.39 is 34.2 Å². The lowest BCUT2D eigenvalue weighted by molar-refractivity contribution is -0.163. The summed E-state index contributed by atoms with van der Waals surface area (Å²) in [5.41, 5.74) is 0.828. The zero-order valence-electron chi connectivity index (χ0n) is 21.7. The van der Waals surface area contributed by atoms with Crippen LogP contribution in [0.3, 0.4) is 0 Å². The quantitative estimate of drug-likeness (QED) is 0.272. The van der Waals surface area contributed by atoms with E-state index in [1.807, 2.05) is 13.0 Å². The highest BCUT2D eigenvalue weighted by atomic mass is 32.2. The van der Waals surface area contributed by atoms with Gasteiger partial charge in [-0.3, -0.25) is 9.69 Å². The number of methoxy groups -OCH3 is 2. The number of carbonyl (C=O) groups excluding carboxylic acids is 1. The number of ether oxygens (including phenoxy) is 2. The molecule has 6 atom stereocenters. The average molecular weight is 571 g/mol. The predicted octanol–water partition coefficient (Wildman–Crippen LogP) is 0.327. The Bertz CT molecular complexity index is 1240. The zero-order chi connectivity index (χ0) is 27.9. The van der Waals surface area contributed by atoms with Crippen LogP contribution in [0.2, 0.25) is 0 Å². The third kappa shape index (κ3) is 5.51. The second kappa shape index (κ2) is 11.0. The Morgan fingerprint density at radius 3 is 2.61 bits per heavy atom. The maximum Gasteiger partial charge on any atom is 0.353 e. The molecule has 1 aromatic rings. The standard InChI is InChI=1S/C24H34N4O8S2/c1-12-20-19(13(2)29)23(30)28(20)21(24(31)32)22(12)37-17-8-15(9-26-38(25,33)34)27(11-17)10-14-7-16(35-3)5-6-18(14)36-4/h5-7,12-13,15,17,19-20,26,29H,8-11H2,1-4H3,(H,31,32)(H2,25,33,34)/t12-,13-,15+,17+,19-,20-/m1/s1. The minimum atomic E-state index is -3.91. The summed E-state index contributed by atoms with van der Waals surface area (Å²) < 4.78 is 36.5. The fourth-order valence-corrected chi connectivity index (χ4v) is 7.74. The number of fused-ring (bicyclic) bond motifs is 1. The fraction of sp³-hybridized carbons (Fsp3) is 0.583. The van der Waals surface area contributed by atoms with Crippen LogP contribution in [-0.4, -0.2) is 91.1 Å². The third-order valence-electron chi connectivity index (χ3n) is 7.48. The molecule has 14 heteroatoms. The molecule has 1 amide bonds. The summed E-state index contributed by atoms with van der Waals surface area (Å²) in [6.45, 7) is 4.48. The summed E-state index contributed by atoms with van der Waals surface area (Å²) in [5.74, 6) is -1.13. The average Bonchev–Trinajstić information content (AvgIpc) is 3.33. The number of hydrogen-bond acceptors (Lipinski definition) is 9. The van der Waals surface area contributed by atoms with Gasteiger partial charge >= 0.3 is 5.97 Å². The van der Waals surface area contributed by atoms with Gasteiger partial charge in [0.05, 0.1) is 32.3 Å². The molecule has 210 valence electrons. The molecule has 3 heterocycles. The number of β-lactam (4-membered cyclic amide) rings is 1. The number of aliphatic hydroxyl groups is 1. The number of nitrogens with zero attached hydrogens (tertiary/aromatic N) is 2. The number of nitrogens with two attached hydrogens (primary N) is 1. The summed E-state index contributed by atoms with van der Waals surface area (Å²) in [4.78, 5) is 28.9. The minimum Gasteiger partial charge on any atom is -0.497 e. The van der Waals surface area contributed by atoms with Gasteiger partial charge in [0, 0.05) is 47.3 Å². The van der Waals surface area contributed by atoms with E-state index in [-0.39, 0.29) is 35.4 Å². The second-order valence-electron chi connectivity index (χ2n) is 9.90. The highest BCUT2D eigenvalue weighted by Gasteiger charge is 2.60. The number of carboxylic acid groups (broad SMARTS) is 1. The number of carbonyl (C=O) groups is 2. The molecule has 2 saturated heterocycles. The molecule has 0 radical (unpaired) electrons. The lowest BCUT2D eigenvalue weighted by Crippen LogP contribution is -2.63. The Morgan fingerprint density at radius 1 is 1.32 bits per heavy atom. The molecule has 0 saturated carbocycles. The highest BCUT2D eigenvalue weighted by Crippen LogP contribution is 2.52. The Morgan fingerprint density at radius 2 is 2.03 bits per heavy atom. The molecule has 0 bridgehead atoms. The van der Waals surface area contributed by atoms with Crippen LogP contribution in [0.5, 0.6) is 11.5 Å². The van der Waals surface area contributed by atoms with Crippen molar-refractivity contribution in [2.24, 2.45) is 17.0 Å². The van der Waals surface area contributed by atoms with Crippen molar-refractivity contribution in [3.8, 4) is 11.5 Å². The van der Waals surface area contributed by atoms with Gasteiger partial charge in [-0.15, -0.1) is 11.8 Å². The number of amides is 1. The maximum absolute atomic E-state index is 12.7. The van der Waals surface area contributed by atoms with Gasteiger partial charge in [0.1, 0.15) is 17.2 Å². The highest BCUT2D eigenvalue weighted by molar-refractivity contribution is 8.03. The molecule has 5 N–H and O–H groups in total. The first kappa shape index (κ1) is 28.6. The van der Waals surface area contributed by atoms with E-state index in [0.29, 0.717) is 35.9 Å². The van der Waals surface area contributed by atoms with Gasteiger partial charge in [0.25, 0.3) is 10.2 Å². The van der Waals surface area contributed by atoms with Crippen molar-refractivity contribution in [3.63, 3.8) is 0 Å². The maximum atomic E-state index is 12.7. The number of aliphatic carboxylic acids is 1. The van der Waals surface area contributed by atoms with E-state index in [2.05, 4.69) is 9.62 Å². The number of aliphatic hydroxyl groups excluding tert-OH is 1. The van der Waals surface area contributed by atoms with Gasteiger partial charge in [0.15, 0.2) is 0 Å². The number of carboxylic acids is 1. The van der Waals surface area contributed by atoms with Crippen molar-refractivity contribution in [2.45, 2.75) is 50.3 Å². The predicted molar refractivity (Wildman–Crippen MR) is 140 cm³/mol. The van der Waals surface area contributed by atoms with Gasteiger partial charge in [-0.25, -0.2) is 14.7 Å². The Labute approximate surface area is 226 Å². The van der Waals surface area contributed by atoms with E-state index >= 15 is 0 Å². The number of nitrogens with one attached hydrogen (secondary N) is 1. The topological polar surface area (TPSA) is 172 Å². The van der Waals surface area contributed by atoms with Crippen LogP contribution in [0.25, 0.3) is 0 Å². The van der Waals surface area contributed by atoms with Crippen molar-refractivity contribution in [1.29, 1.82) is 0 Å². The van der Waals surface area contributed by atoms with E-state index in [9.17, 15) is 28.2 Å². The first-order valence-corrected chi connectivity index (χ1v) is 14.7. The van der Waals surface area contributed by atoms with Crippen LogP contribution >= 0.6 is 11.8 Å². The number of likely N-dealkylation sites (tertiary alicyclic amines) is 1. The molecule has 0 unspecified atom stereocenters. The van der Waals surface area contributed by atoms with E-state index in [0.717, 1.165) is 5.56 Å². The van der Waals surface area contributed by atoms with Crippen LogP contribution in [0.1, 0.15) is 25.8 Å². The summed E-state index contributed by atoms with van der Waals surface area (Å²) in [7, 11) is -0.771. The fourth-order valence-electron chi connectivity index (χ4n) is 5.72. The third-order valence-corrected chi connectivity index (χ3v) is 9.54. The Balaban J connectivity index is 1.58. The van der Waals surface area contributed by atoms with E-state index in [1.165, 1.54) is 16.7 Å². The van der Waals surface area contributed by atoms with Gasteiger partial charge in [-0.05, 0) is 31.5 Å². The van der Waals surface area contributed by atoms with Crippen LogP contribution < -0.4 is 19.3 Å². The molecule has 4 rings (SSSR count). The molecular formula is C24H34N4O8S2. The van der Waals surface area contributed by atoms with Crippen LogP contribution in [0, 0.1) is 11.8 Å².